The number of hydrogen-bond donors (Lipinski definition) is 0. The van der Waals surface area contributed by atoms with Crippen LogP contribution in [-0.4, -0.2) is 6.61 Å². The lowest BCUT2D eigenvalue weighted by Gasteiger charge is -2.28. The topological polar surface area (TPSA) is 9.23 Å². The maximum Gasteiger partial charge on any atom is 0.0838 e. The Hall–Kier alpha value is -0.0500. The van der Waals surface area contributed by atoms with Crippen molar-refractivity contribution < 1.29 is 4.74 Å². The molecule has 0 aliphatic carbocycles. The smallest absolute Gasteiger partial charge is 0.0838 e. The third kappa shape index (κ3) is 2.74. The summed E-state index contributed by atoms with van der Waals surface area (Å²) >= 11 is 9.45. The normalized spacial score (nSPS) is 26.6. The van der Waals surface area contributed by atoms with Gasteiger partial charge in [0.1, 0.15) is 0 Å². The molecule has 1 aromatic rings. The molecule has 1 heterocycles. The minimum Gasteiger partial charge on any atom is -0.373 e. The molecule has 82 valence electrons. The highest BCUT2D eigenvalue weighted by molar-refractivity contribution is 9.10. The Kier molecular flexibility index (Phi) is 3.70. The number of ether oxygens (including phenoxy) is 1. The first-order valence-corrected chi connectivity index (χ1v) is 6.40. The first kappa shape index (κ1) is 11.4. The van der Waals surface area contributed by atoms with E-state index in [1.165, 1.54) is 12.0 Å². The molecule has 15 heavy (non-hydrogen) atoms. The number of hydrogen-bond acceptors (Lipinski definition) is 1. The van der Waals surface area contributed by atoms with Gasteiger partial charge < -0.3 is 4.74 Å². The lowest BCUT2D eigenvalue weighted by Crippen LogP contribution is -2.18. The maximum absolute atomic E-state index is 5.91. The van der Waals surface area contributed by atoms with Gasteiger partial charge in [0.25, 0.3) is 0 Å². The first-order chi connectivity index (χ1) is 7.16. The Labute approximate surface area is 104 Å². The fourth-order valence-electron chi connectivity index (χ4n) is 1.94. The number of halogens is 2. The van der Waals surface area contributed by atoms with Crippen molar-refractivity contribution in [3.05, 3.63) is 33.3 Å². The maximum atomic E-state index is 5.91. The van der Waals surface area contributed by atoms with Gasteiger partial charge in [0.15, 0.2) is 0 Å². The van der Waals surface area contributed by atoms with E-state index in [4.69, 9.17) is 16.3 Å². The second-order valence-electron chi connectivity index (χ2n) is 4.15. The highest BCUT2D eigenvalue weighted by Crippen LogP contribution is 2.36. The second kappa shape index (κ2) is 4.86. The van der Waals surface area contributed by atoms with Crippen LogP contribution < -0.4 is 0 Å². The summed E-state index contributed by atoms with van der Waals surface area (Å²) in [4.78, 5) is 0. The average Bonchev–Trinajstić information content (AvgIpc) is 2.17. The third-order valence-electron chi connectivity index (χ3n) is 2.86. The van der Waals surface area contributed by atoms with Gasteiger partial charge in [-0.2, -0.15) is 0 Å². The standard InChI is InChI=1S/C12H14BrClO/c1-8-4-5-15-12(6-8)10-3-2-9(14)7-11(10)13/h2-3,7-8,12H,4-6H2,1H3. The van der Waals surface area contributed by atoms with Crippen molar-refractivity contribution in [2.24, 2.45) is 5.92 Å². The van der Waals surface area contributed by atoms with Crippen LogP contribution in [0.3, 0.4) is 0 Å². The molecule has 1 aromatic carbocycles. The molecule has 2 atom stereocenters. The zero-order valence-corrected chi connectivity index (χ0v) is 11.0. The van der Waals surface area contributed by atoms with Gasteiger partial charge in [-0.05, 0) is 36.5 Å². The fourth-order valence-corrected chi connectivity index (χ4v) is 2.88. The van der Waals surface area contributed by atoms with E-state index in [0.717, 1.165) is 28.4 Å². The van der Waals surface area contributed by atoms with Crippen LogP contribution in [0.5, 0.6) is 0 Å². The predicted molar refractivity (Wildman–Crippen MR) is 66.2 cm³/mol. The van der Waals surface area contributed by atoms with Crippen LogP contribution in [0, 0.1) is 5.92 Å². The van der Waals surface area contributed by atoms with E-state index in [0.29, 0.717) is 0 Å². The Balaban J connectivity index is 2.21. The van der Waals surface area contributed by atoms with Gasteiger partial charge >= 0.3 is 0 Å². The molecule has 1 fully saturated rings. The van der Waals surface area contributed by atoms with Crippen LogP contribution in [0.4, 0.5) is 0 Å². The molecule has 3 heteroatoms. The van der Waals surface area contributed by atoms with Crippen molar-refractivity contribution in [2.75, 3.05) is 6.61 Å². The molecule has 1 aliphatic rings. The summed E-state index contributed by atoms with van der Waals surface area (Å²) in [5, 5.41) is 0.759. The molecule has 0 radical (unpaired) electrons. The molecule has 0 saturated carbocycles. The molecular weight excluding hydrogens is 275 g/mol. The molecule has 1 aliphatic heterocycles. The van der Waals surface area contributed by atoms with Gasteiger partial charge in [-0.3, -0.25) is 0 Å². The summed E-state index contributed by atoms with van der Waals surface area (Å²) in [7, 11) is 0. The molecule has 0 spiro atoms. The third-order valence-corrected chi connectivity index (χ3v) is 3.78. The van der Waals surface area contributed by atoms with E-state index in [9.17, 15) is 0 Å². The van der Waals surface area contributed by atoms with Gasteiger partial charge in [-0.1, -0.05) is 40.5 Å². The molecule has 0 amide bonds. The van der Waals surface area contributed by atoms with Crippen molar-refractivity contribution in [3.63, 3.8) is 0 Å². The van der Waals surface area contributed by atoms with E-state index in [1.807, 2.05) is 12.1 Å². The van der Waals surface area contributed by atoms with Crippen molar-refractivity contribution in [1.82, 2.24) is 0 Å². The number of rotatable bonds is 1. The van der Waals surface area contributed by atoms with E-state index < -0.39 is 0 Å². The van der Waals surface area contributed by atoms with Gasteiger partial charge in [-0.25, -0.2) is 0 Å². The molecule has 1 nitrogen and oxygen atoms in total. The molecule has 2 unspecified atom stereocenters. The molecule has 0 bridgehead atoms. The minimum absolute atomic E-state index is 0.223. The van der Waals surface area contributed by atoms with Gasteiger partial charge in [0.05, 0.1) is 6.10 Å². The van der Waals surface area contributed by atoms with E-state index in [-0.39, 0.29) is 6.10 Å². The summed E-state index contributed by atoms with van der Waals surface area (Å²) in [5.74, 6) is 0.742. The van der Waals surface area contributed by atoms with Crippen LogP contribution in [-0.2, 0) is 4.74 Å². The summed E-state index contributed by atoms with van der Waals surface area (Å²) in [6.07, 6.45) is 2.49. The van der Waals surface area contributed by atoms with Crippen LogP contribution in [0.2, 0.25) is 5.02 Å². The monoisotopic (exact) mass is 288 g/mol. The number of benzene rings is 1. The highest BCUT2D eigenvalue weighted by atomic mass is 79.9. The highest BCUT2D eigenvalue weighted by Gasteiger charge is 2.22. The van der Waals surface area contributed by atoms with Gasteiger partial charge in [0.2, 0.25) is 0 Å². The van der Waals surface area contributed by atoms with Crippen molar-refractivity contribution in [2.45, 2.75) is 25.9 Å². The lowest BCUT2D eigenvalue weighted by atomic mass is 9.93. The van der Waals surface area contributed by atoms with E-state index in [1.54, 1.807) is 0 Å². The Morgan fingerprint density at radius 3 is 2.93 bits per heavy atom. The van der Waals surface area contributed by atoms with Crippen molar-refractivity contribution in [3.8, 4) is 0 Å². The summed E-state index contributed by atoms with van der Waals surface area (Å²) < 4.78 is 6.83. The van der Waals surface area contributed by atoms with Crippen molar-refractivity contribution in [1.29, 1.82) is 0 Å². The Morgan fingerprint density at radius 2 is 2.27 bits per heavy atom. The SMILES string of the molecule is CC1CCOC(c2ccc(Cl)cc2Br)C1. The Bertz CT molecular complexity index is 353. The molecule has 1 saturated heterocycles. The lowest BCUT2D eigenvalue weighted by molar-refractivity contribution is -0.00672. The summed E-state index contributed by atoms with van der Waals surface area (Å²) in [6, 6.07) is 5.90. The largest absolute Gasteiger partial charge is 0.373 e. The van der Waals surface area contributed by atoms with Crippen LogP contribution in [0.1, 0.15) is 31.4 Å². The average molecular weight is 290 g/mol. The Morgan fingerprint density at radius 1 is 1.47 bits per heavy atom. The van der Waals surface area contributed by atoms with Gasteiger partial charge in [-0.15, -0.1) is 0 Å². The van der Waals surface area contributed by atoms with Crippen LogP contribution in [0.25, 0.3) is 0 Å². The molecule has 2 rings (SSSR count). The van der Waals surface area contributed by atoms with E-state index >= 15 is 0 Å². The van der Waals surface area contributed by atoms with Crippen LogP contribution in [0.15, 0.2) is 22.7 Å². The molecule has 0 N–H and O–H groups in total. The van der Waals surface area contributed by atoms with E-state index in [2.05, 4.69) is 28.9 Å². The fraction of sp³-hybridized carbons (Fsp3) is 0.500. The zero-order chi connectivity index (χ0) is 10.8. The first-order valence-electron chi connectivity index (χ1n) is 5.23. The summed E-state index contributed by atoms with van der Waals surface area (Å²) in [6.45, 7) is 3.14. The van der Waals surface area contributed by atoms with Crippen LogP contribution >= 0.6 is 27.5 Å². The quantitative estimate of drug-likeness (QED) is 0.735. The second-order valence-corrected chi connectivity index (χ2v) is 5.45. The molecule has 0 aromatic heterocycles. The van der Waals surface area contributed by atoms with Gasteiger partial charge in [0, 0.05) is 16.1 Å². The zero-order valence-electron chi connectivity index (χ0n) is 8.67. The molecular formula is C12H14BrClO. The predicted octanol–water partition coefficient (Wildman–Crippen LogP) is 4.59. The summed E-state index contributed by atoms with van der Waals surface area (Å²) in [5.41, 5.74) is 1.21. The minimum atomic E-state index is 0.223. The van der Waals surface area contributed by atoms with Crippen molar-refractivity contribution >= 4 is 27.5 Å².